The van der Waals surface area contributed by atoms with E-state index in [4.69, 9.17) is 0 Å². The fourth-order valence-corrected chi connectivity index (χ4v) is 2.52. The first-order chi connectivity index (χ1) is 7.58. The number of thiazole rings is 1. The van der Waals surface area contributed by atoms with Crippen LogP contribution in [0.5, 0.6) is 0 Å². The summed E-state index contributed by atoms with van der Waals surface area (Å²) in [5, 5.41) is 7.04. The van der Waals surface area contributed by atoms with Crippen LogP contribution in [0.2, 0.25) is 0 Å². The summed E-state index contributed by atoms with van der Waals surface area (Å²) in [6, 6.07) is 0.910. The van der Waals surface area contributed by atoms with Crippen LogP contribution in [-0.4, -0.2) is 11.0 Å². The molecule has 1 aromatic rings. The number of aromatic nitrogens is 1. The fourth-order valence-electron chi connectivity index (χ4n) is 1.68. The molecule has 1 N–H and O–H groups in total. The van der Waals surface area contributed by atoms with Gasteiger partial charge >= 0.3 is 0 Å². The summed E-state index contributed by atoms with van der Waals surface area (Å²) in [6.45, 7) is 11.2. The zero-order chi connectivity index (χ0) is 12.1. The second-order valence-corrected chi connectivity index (χ2v) is 5.52. The molecule has 3 heteroatoms. The van der Waals surface area contributed by atoms with E-state index < -0.39 is 0 Å². The molecule has 0 bridgehead atoms. The lowest BCUT2D eigenvalue weighted by Crippen LogP contribution is -2.34. The summed E-state index contributed by atoms with van der Waals surface area (Å²) in [6.07, 6.45) is 2.26. The van der Waals surface area contributed by atoms with Crippen LogP contribution < -0.4 is 5.32 Å². The van der Waals surface area contributed by atoms with E-state index in [0.29, 0.717) is 18.0 Å². The summed E-state index contributed by atoms with van der Waals surface area (Å²) in [5.41, 5.74) is 1.19. The minimum absolute atomic E-state index is 0.362. The zero-order valence-electron chi connectivity index (χ0n) is 11.1. The van der Waals surface area contributed by atoms with E-state index in [-0.39, 0.29) is 0 Å². The maximum absolute atomic E-state index is 4.62. The molecule has 0 saturated heterocycles. The van der Waals surface area contributed by atoms with Crippen LogP contribution in [0.3, 0.4) is 0 Å². The fraction of sp³-hybridized carbons (Fsp3) is 0.769. The first-order valence-corrected chi connectivity index (χ1v) is 7.16. The number of hydrogen-bond acceptors (Lipinski definition) is 3. The molecule has 3 atom stereocenters. The van der Waals surface area contributed by atoms with Gasteiger partial charge in [-0.1, -0.05) is 27.2 Å². The second-order valence-electron chi connectivity index (χ2n) is 4.58. The molecular weight excluding hydrogens is 216 g/mol. The van der Waals surface area contributed by atoms with Gasteiger partial charge in [-0.25, -0.2) is 4.98 Å². The van der Waals surface area contributed by atoms with Gasteiger partial charge in [-0.05, 0) is 26.2 Å². The van der Waals surface area contributed by atoms with Crippen LogP contribution in [0.1, 0.15) is 57.8 Å². The Kier molecular flexibility index (Phi) is 5.42. The van der Waals surface area contributed by atoms with Crippen molar-refractivity contribution in [3.8, 4) is 0 Å². The van der Waals surface area contributed by atoms with Gasteiger partial charge in [0.2, 0.25) is 0 Å². The average molecular weight is 240 g/mol. The van der Waals surface area contributed by atoms with E-state index in [1.165, 1.54) is 17.1 Å². The smallest absolute Gasteiger partial charge is 0.0926 e. The van der Waals surface area contributed by atoms with E-state index in [1.807, 2.05) is 0 Å². The Morgan fingerprint density at radius 2 is 2.00 bits per heavy atom. The molecule has 0 amide bonds. The van der Waals surface area contributed by atoms with Gasteiger partial charge in [0.1, 0.15) is 0 Å². The summed E-state index contributed by atoms with van der Waals surface area (Å²) < 4.78 is 0. The van der Waals surface area contributed by atoms with Crippen molar-refractivity contribution in [2.45, 2.75) is 59.5 Å². The summed E-state index contributed by atoms with van der Waals surface area (Å²) in [4.78, 5) is 4.62. The first kappa shape index (κ1) is 13.7. The highest BCUT2D eigenvalue weighted by atomic mass is 32.1. The molecule has 16 heavy (non-hydrogen) atoms. The molecule has 1 aromatic heterocycles. The summed E-state index contributed by atoms with van der Waals surface area (Å²) in [7, 11) is 0. The van der Waals surface area contributed by atoms with E-state index in [9.17, 15) is 0 Å². The molecule has 0 fully saturated rings. The summed E-state index contributed by atoms with van der Waals surface area (Å²) >= 11 is 1.77. The van der Waals surface area contributed by atoms with Gasteiger partial charge in [0, 0.05) is 17.5 Å². The lowest BCUT2D eigenvalue weighted by Gasteiger charge is -2.23. The van der Waals surface area contributed by atoms with Gasteiger partial charge < -0.3 is 5.32 Å². The molecule has 0 spiro atoms. The van der Waals surface area contributed by atoms with Gasteiger partial charge in [0.05, 0.1) is 10.7 Å². The van der Waals surface area contributed by atoms with Crippen molar-refractivity contribution < 1.29 is 0 Å². The molecule has 0 saturated carbocycles. The lowest BCUT2D eigenvalue weighted by molar-refractivity contribution is 0.358. The van der Waals surface area contributed by atoms with Crippen molar-refractivity contribution in [1.29, 1.82) is 0 Å². The predicted octanol–water partition coefficient (Wildman–Crippen LogP) is 3.79. The Morgan fingerprint density at radius 1 is 1.31 bits per heavy atom. The molecule has 0 aliphatic heterocycles. The number of nitrogens with zero attached hydrogens (tertiary/aromatic N) is 1. The summed E-state index contributed by atoms with van der Waals surface area (Å²) in [5.74, 6) is 0.715. The van der Waals surface area contributed by atoms with E-state index >= 15 is 0 Å². The maximum atomic E-state index is 4.62. The largest absolute Gasteiger partial charge is 0.306 e. The molecule has 0 aliphatic rings. The molecule has 0 aromatic carbocycles. The topological polar surface area (TPSA) is 24.9 Å². The Labute approximate surface area is 103 Å². The minimum Gasteiger partial charge on any atom is -0.306 e. The van der Waals surface area contributed by atoms with Gasteiger partial charge in [-0.3, -0.25) is 0 Å². The van der Waals surface area contributed by atoms with Crippen LogP contribution in [-0.2, 0) is 6.42 Å². The predicted molar refractivity (Wildman–Crippen MR) is 72.0 cm³/mol. The highest BCUT2D eigenvalue weighted by molar-refractivity contribution is 7.09. The number of aryl methyl sites for hydroxylation is 1. The van der Waals surface area contributed by atoms with Gasteiger partial charge in [-0.15, -0.1) is 11.3 Å². The molecule has 0 radical (unpaired) electrons. The lowest BCUT2D eigenvalue weighted by atomic mass is 10.00. The van der Waals surface area contributed by atoms with Crippen molar-refractivity contribution in [2.75, 3.05) is 0 Å². The molecule has 3 unspecified atom stereocenters. The van der Waals surface area contributed by atoms with E-state index in [0.717, 1.165) is 6.42 Å². The second kappa shape index (κ2) is 6.36. The van der Waals surface area contributed by atoms with Crippen molar-refractivity contribution in [3.63, 3.8) is 0 Å². The van der Waals surface area contributed by atoms with Crippen LogP contribution in [0.15, 0.2) is 5.38 Å². The number of hydrogen-bond donors (Lipinski definition) is 1. The maximum Gasteiger partial charge on any atom is 0.0926 e. The van der Waals surface area contributed by atoms with Gasteiger partial charge in [-0.2, -0.15) is 0 Å². The minimum atomic E-state index is 0.362. The van der Waals surface area contributed by atoms with Crippen LogP contribution in [0.25, 0.3) is 0 Å². The Bertz CT molecular complexity index is 309. The van der Waals surface area contributed by atoms with Crippen molar-refractivity contribution in [3.05, 3.63) is 16.1 Å². The third-order valence-corrected chi connectivity index (χ3v) is 4.34. The van der Waals surface area contributed by atoms with Crippen molar-refractivity contribution in [2.24, 2.45) is 5.92 Å². The zero-order valence-corrected chi connectivity index (χ0v) is 11.9. The normalized spacial score (nSPS) is 17.1. The molecular formula is C13H24N2S. The van der Waals surface area contributed by atoms with E-state index in [2.05, 4.69) is 50.3 Å². The highest BCUT2D eigenvalue weighted by Crippen LogP contribution is 2.19. The van der Waals surface area contributed by atoms with Crippen molar-refractivity contribution >= 4 is 11.3 Å². The van der Waals surface area contributed by atoms with Crippen molar-refractivity contribution in [1.82, 2.24) is 10.3 Å². The Hall–Kier alpha value is -0.410. The van der Waals surface area contributed by atoms with Crippen LogP contribution >= 0.6 is 11.3 Å². The van der Waals surface area contributed by atoms with Gasteiger partial charge in [0.25, 0.3) is 0 Å². The molecule has 1 heterocycles. The quantitative estimate of drug-likeness (QED) is 0.818. The Morgan fingerprint density at radius 3 is 2.50 bits per heavy atom. The van der Waals surface area contributed by atoms with Crippen LogP contribution in [0.4, 0.5) is 0 Å². The van der Waals surface area contributed by atoms with Gasteiger partial charge in [0.15, 0.2) is 0 Å². The standard InChI is InChI=1S/C13H24N2S/c1-6-9(3)10(4)14-11(5)12-8-16-13(7-2)15-12/h8-11,14H,6-7H2,1-5H3. The molecule has 92 valence electrons. The molecule has 2 nitrogen and oxygen atoms in total. The number of nitrogens with one attached hydrogen (secondary N) is 1. The Balaban J connectivity index is 2.54. The monoisotopic (exact) mass is 240 g/mol. The average Bonchev–Trinajstić information content (AvgIpc) is 2.76. The third kappa shape index (κ3) is 3.56. The number of rotatable bonds is 6. The molecule has 0 aliphatic carbocycles. The highest BCUT2D eigenvalue weighted by Gasteiger charge is 2.15. The SMILES string of the molecule is CCc1nc(C(C)NC(C)C(C)CC)cs1. The van der Waals surface area contributed by atoms with Crippen LogP contribution in [0, 0.1) is 5.92 Å². The molecule has 1 rings (SSSR count). The third-order valence-electron chi connectivity index (χ3n) is 3.33. The first-order valence-electron chi connectivity index (χ1n) is 6.28. The van der Waals surface area contributed by atoms with E-state index in [1.54, 1.807) is 11.3 Å².